The van der Waals surface area contributed by atoms with Crippen molar-refractivity contribution in [2.75, 3.05) is 12.9 Å². The molecule has 2 rings (SSSR count). The van der Waals surface area contributed by atoms with E-state index in [4.69, 9.17) is 0 Å². The topological polar surface area (TPSA) is 51.2 Å². The van der Waals surface area contributed by atoms with Crippen LogP contribution in [-0.4, -0.2) is 29.9 Å². The van der Waals surface area contributed by atoms with E-state index in [1.54, 1.807) is 11.8 Å². The summed E-state index contributed by atoms with van der Waals surface area (Å²) in [6.07, 6.45) is -1.27. The normalized spacial score (nSPS) is 11.2. The maximum absolute atomic E-state index is 12.0. The summed E-state index contributed by atoms with van der Waals surface area (Å²) in [6, 6.07) is 10.3. The molecule has 0 saturated heterocycles. The smallest absolute Gasteiger partial charge is 0.422 e. The van der Waals surface area contributed by atoms with E-state index in [2.05, 4.69) is 15.0 Å². The molecule has 24 heavy (non-hydrogen) atoms. The summed E-state index contributed by atoms with van der Waals surface area (Å²) >= 11 is 1.63. The lowest BCUT2D eigenvalue weighted by molar-refractivity contribution is -0.154. The molecule has 0 saturated carbocycles. The highest BCUT2D eigenvalue weighted by molar-refractivity contribution is 7.98. The molecule has 128 valence electrons. The van der Waals surface area contributed by atoms with E-state index in [-0.39, 0.29) is 17.4 Å². The molecule has 0 fully saturated rings. The van der Waals surface area contributed by atoms with Gasteiger partial charge in [0.25, 0.3) is 5.91 Å². The molecule has 1 heterocycles. The molecule has 0 atom stereocenters. The van der Waals surface area contributed by atoms with E-state index in [0.29, 0.717) is 6.54 Å². The monoisotopic (exact) mass is 356 g/mol. The summed E-state index contributed by atoms with van der Waals surface area (Å²) in [4.78, 5) is 16.8. The number of nitrogens with zero attached hydrogens (tertiary/aromatic N) is 1. The predicted molar refractivity (Wildman–Crippen MR) is 85.2 cm³/mol. The average molecular weight is 356 g/mol. The van der Waals surface area contributed by atoms with Crippen molar-refractivity contribution in [3.05, 3.63) is 53.7 Å². The molecule has 1 N–H and O–H groups in total. The Morgan fingerprint density at radius 3 is 2.46 bits per heavy atom. The molecule has 8 heteroatoms. The van der Waals surface area contributed by atoms with Crippen LogP contribution in [0.15, 0.2) is 47.5 Å². The van der Waals surface area contributed by atoms with Crippen molar-refractivity contribution < 1.29 is 22.7 Å². The Bertz CT molecular complexity index is 673. The first-order valence-corrected chi connectivity index (χ1v) is 8.16. The second-order valence-corrected chi connectivity index (χ2v) is 5.70. The molecule has 1 amide bonds. The lowest BCUT2D eigenvalue weighted by atomic mass is 10.2. The second-order valence-electron chi connectivity index (χ2n) is 4.82. The van der Waals surface area contributed by atoms with Crippen LogP contribution in [-0.2, 0) is 6.54 Å². The minimum atomic E-state index is -4.43. The highest BCUT2D eigenvalue weighted by Gasteiger charge is 2.28. The summed E-state index contributed by atoms with van der Waals surface area (Å²) in [5.74, 6) is -0.546. The van der Waals surface area contributed by atoms with Gasteiger partial charge < -0.3 is 10.1 Å². The van der Waals surface area contributed by atoms with Crippen LogP contribution in [0.25, 0.3) is 0 Å². The molecule has 2 aromatic rings. The number of rotatable bonds is 6. The molecule has 0 aliphatic carbocycles. The Hall–Kier alpha value is -2.22. The summed E-state index contributed by atoms with van der Waals surface area (Å²) in [5.41, 5.74) is 1.19. The Labute approximate surface area is 141 Å². The van der Waals surface area contributed by atoms with Crippen molar-refractivity contribution in [2.24, 2.45) is 0 Å². The molecule has 0 unspecified atom stereocenters. The van der Waals surface area contributed by atoms with Crippen molar-refractivity contribution in [3.63, 3.8) is 0 Å². The van der Waals surface area contributed by atoms with Crippen LogP contribution in [0.5, 0.6) is 5.88 Å². The molecule has 0 aliphatic heterocycles. The molecular formula is C16H15F3N2O2S. The number of amides is 1. The Kier molecular flexibility index (Phi) is 6.08. The summed E-state index contributed by atoms with van der Waals surface area (Å²) in [6.45, 7) is -1.07. The molecule has 0 aliphatic rings. The van der Waals surface area contributed by atoms with Crippen molar-refractivity contribution in [1.82, 2.24) is 10.3 Å². The van der Waals surface area contributed by atoms with Gasteiger partial charge in [0.15, 0.2) is 6.61 Å². The van der Waals surface area contributed by atoms with Crippen LogP contribution in [0.2, 0.25) is 0 Å². The van der Waals surface area contributed by atoms with Gasteiger partial charge in [-0.15, -0.1) is 11.8 Å². The largest absolute Gasteiger partial charge is 0.468 e. The van der Waals surface area contributed by atoms with Gasteiger partial charge in [0.1, 0.15) is 0 Å². The number of halogens is 3. The fourth-order valence-electron chi connectivity index (χ4n) is 1.78. The van der Waals surface area contributed by atoms with Gasteiger partial charge in [-0.05, 0) is 30.0 Å². The first-order valence-electron chi connectivity index (χ1n) is 6.94. The number of aromatic nitrogens is 1. The van der Waals surface area contributed by atoms with Crippen molar-refractivity contribution in [1.29, 1.82) is 0 Å². The van der Waals surface area contributed by atoms with Gasteiger partial charge in [-0.3, -0.25) is 4.79 Å². The van der Waals surface area contributed by atoms with E-state index < -0.39 is 12.8 Å². The minimum absolute atomic E-state index is 0.184. The van der Waals surface area contributed by atoms with Crippen LogP contribution in [0, 0.1) is 0 Å². The summed E-state index contributed by atoms with van der Waals surface area (Å²) in [7, 11) is 0. The predicted octanol–water partition coefficient (Wildman–Crippen LogP) is 3.67. The second kappa shape index (κ2) is 8.05. The minimum Gasteiger partial charge on any atom is -0.468 e. The number of benzene rings is 1. The molecule has 0 bridgehead atoms. The van der Waals surface area contributed by atoms with Gasteiger partial charge in [0, 0.05) is 23.7 Å². The van der Waals surface area contributed by atoms with E-state index in [1.165, 1.54) is 18.3 Å². The highest BCUT2D eigenvalue weighted by Crippen LogP contribution is 2.17. The number of thioether (sulfide) groups is 1. The van der Waals surface area contributed by atoms with Gasteiger partial charge in [0.2, 0.25) is 5.88 Å². The van der Waals surface area contributed by atoms with Crippen LogP contribution in [0.4, 0.5) is 13.2 Å². The van der Waals surface area contributed by atoms with Gasteiger partial charge in [-0.1, -0.05) is 12.1 Å². The maximum atomic E-state index is 12.0. The van der Waals surface area contributed by atoms with Gasteiger partial charge in [0.05, 0.1) is 5.56 Å². The molecule has 0 radical (unpaired) electrons. The third-order valence-corrected chi connectivity index (χ3v) is 3.74. The quantitative estimate of drug-likeness (QED) is 0.803. The zero-order valence-corrected chi connectivity index (χ0v) is 13.6. The van der Waals surface area contributed by atoms with E-state index in [9.17, 15) is 18.0 Å². The third-order valence-electron chi connectivity index (χ3n) is 2.99. The zero-order chi connectivity index (χ0) is 17.6. The number of carbonyl (C=O) groups excluding carboxylic acids is 1. The molecule has 1 aromatic carbocycles. The highest BCUT2D eigenvalue weighted by atomic mass is 32.2. The van der Waals surface area contributed by atoms with Crippen molar-refractivity contribution >= 4 is 17.7 Å². The number of alkyl halides is 3. The van der Waals surface area contributed by atoms with Crippen molar-refractivity contribution in [2.45, 2.75) is 17.6 Å². The molecule has 4 nitrogen and oxygen atoms in total. The molecular weight excluding hydrogens is 341 g/mol. The van der Waals surface area contributed by atoms with Gasteiger partial charge in [-0.25, -0.2) is 4.98 Å². The fourth-order valence-corrected chi connectivity index (χ4v) is 2.19. The van der Waals surface area contributed by atoms with Crippen molar-refractivity contribution in [3.8, 4) is 5.88 Å². The zero-order valence-electron chi connectivity index (χ0n) is 12.8. The molecule has 1 aromatic heterocycles. The SMILES string of the molecule is CSc1ccc(CNC(=O)c2ccc(OCC(F)(F)F)nc2)cc1. The van der Waals surface area contributed by atoms with E-state index >= 15 is 0 Å². The van der Waals surface area contributed by atoms with Crippen LogP contribution in [0.1, 0.15) is 15.9 Å². The third kappa shape index (κ3) is 5.77. The number of hydrogen-bond donors (Lipinski definition) is 1. The average Bonchev–Trinajstić information content (AvgIpc) is 2.58. The molecule has 0 spiro atoms. The number of carbonyl (C=O) groups is 1. The fraction of sp³-hybridized carbons (Fsp3) is 0.250. The summed E-state index contributed by atoms with van der Waals surface area (Å²) in [5, 5.41) is 2.72. The number of pyridine rings is 1. The van der Waals surface area contributed by atoms with E-state index in [0.717, 1.165) is 10.5 Å². The van der Waals surface area contributed by atoms with Crippen LogP contribution >= 0.6 is 11.8 Å². The Morgan fingerprint density at radius 2 is 1.92 bits per heavy atom. The van der Waals surface area contributed by atoms with Gasteiger partial charge in [-0.2, -0.15) is 13.2 Å². The number of ether oxygens (including phenoxy) is 1. The Morgan fingerprint density at radius 1 is 1.21 bits per heavy atom. The Balaban J connectivity index is 1.87. The number of nitrogens with one attached hydrogen (secondary N) is 1. The first kappa shape index (κ1) is 18.1. The lowest BCUT2D eigenvalue weighted by Crippen LogP contribution is -2.23. The maximum Gasteiger partial charge on any atom is 0.422 e. The van der Waals surface area contributed by atoms with Crippen LogP contribution < -0.4 is 10.1 Å². The standard InChI is InChI=1S/C16H15F3N2O2S/c1-24-13-5-2-11(3-6-13)8-21-15(22)12-4-7-14(20-9-12)23-10-16(17,18)19/h2-7,9H,8,10H2,1H3,(H,21,22). The first-order chi connectivity index (χ1) is 11.4. The lowest BCUT2D eigenvalue weighted by Gasteiger charge is -2.09. The summed E-state index contributed by atoms with van der Waals surface area (Å²) < 4.78 is 40.6. The van der Waals surface area contributed by atoms with E-state index in [1.807, 2.05) is 30.5 Å². The van der Waals surface area contributed by atoms with Gasteiger partial charge >= 0.3 is 6.18 Å². The van der Waals surface area contributed by atoms with Crippen LogP contribution in [0.3, 0.4) is 0 Å². The number of hydrogen-bond acceptors (Lipinski definition) is 4.